The van der Waals surface area contributed by atoms with Crippen LogP contribution in [0.2, 0.25) is 0 Å². The van der Waals surface area contributed by atoms with Gasteiger partial charge in [-0.3, -0.25) is 0 Å². The predicted molar refractivity (Wildman–Crippen MR) is 75.4 cm³/mol. The molecule has 0 aliphatic carbocycles. The number of anilines is 1. The van der Waals surface area contributed by atoms with Crippen molar-refractivity contribution in [1.82, 2.24) is 5.32 Å². The molecular weight excluding hydrogens is 285 g/mol. The van der Waals surface area contributed by atoms with Gasteiger partial charge in [0.1, 0.15) is 0 Å². The lowest BCUT2D eigenvalue weighted by Crippen LogP contribution is -2.33. The van der Waals surface area contributed by atoms with E-state index in [9.17, 15) is 18.3 Å². The molecule has 1 aromatic rings. The second kappa shape index (κ2) is 7.63. The molecule has 0 saturated carbocycles. The smallest absolute Gasteiger partial charge is 0.389 e. The summed E-state index contributed by atoms with van der Waals surface area (Å²) in [5.74, 6) is 0. The maximum absolute atomic E-state index is 13.2. The Balaban J connectivity index is 3.04. The fraction of sp³-hybridized carbons (Fsp3) is 0.571. The van der Waals surface area contributed by atoms with E-state index in [1.54, 1.807) is 13.1 Å². The zero-order chi connectivity index (χ0) is 16.0. The fourth-order valence-electron chi connectivity index (χ4n) is 2.12. The van der Waals surface area contributed by atoms with Crippen LogP contribution in [-0.4, -0.2) is 45.6 Å². The number of aliphatic hydroxyl groups excluding tert-OH is 1. The van der Waals surface area contributed by atoms with Gasteiger partial charge >= 0.3 is 6.18 Å². The lowest BCUT2D eigenvalue weighted by atomic mass is 10.1. The molecule has 0 bridgehead atoms. The average Bonchev–Trinajstić information content (AvgIpc) is 2.38. The summed E-state index contributed by atoms with van der Waals surface area (Å²) in [7, 11) is 4.62. The van der Waals surface area contributed by atoms with Gasteiger partial charge < -0.3 is 20.1 Å². The number of nitrogens with zero attached hydrogens (tertiary/aromatic N) is 1. The Morgan fingerprint density at radius 2 is 2.05 bits per heavy atom. The van der Waals surface area contributed by atoms with Gasteiger partial charge in [-0.1, -0.05) is 6.07 Å². The number of halogens is 3. The molecule has 7 heteroatoms. The van der Waals surface area contributed by atoms with Gasteiger partial charge in [0.2, 0.25) is 0 Å². The quantitative estimate of drug-likeness (QED) is 0.807. The van der Waals surface area contributed by atoms with Gasteiger partial charge in [-0.25, -0.2) is 0 Å². The summed E-state index contributed by atoms with van der Waals surface area (Å²) in [6.07, 6.45) is -5.29. The largest absolute Gasteiger partial charge is 0.418 e. The first kappa shape index (κ1) is 17.7. The molecule has 2 N–H and O–H groups in total. The number of benzene rings is 1. The first-order valence-electron chi connectivity index (χ1n) is 6.52. The molecule has 1 rings (SSSR count). The number of alkyl halides is 3. The van der Waals surface area contributed by atoms with Crippen molar-refractivity contribution in [2.24, 2.45) is 0 Å². The van der Waals surface area contributed by atoms with Crippen molar-refractivity contribution in [2.45, 2.75) is 18.8 Å². The second-order valence-corrected chi connectivity index (χ2v) is 4.87. The van der Waals surface area contributed by atoms with Gasteiger partial charge in [-0.2, -0.15) is 13.2 Å². The summed E-state index contributed by atoms with van der Waals surface area (Å²) < 4.78 is 44.3. The van der Waals surface area contributed by atoms with Gasteiger partial charge in [-0.15, -0.1) is 0 Å². The molecule has 0 aliphatic heterocycles. The van der Waals surface area contributed by atoms with Crippen molar-refractivity contribution in [3.05, 3.63) is 29.3 Å². The predicted octanol–water partition coefficient (Wildman–Crippen LogP) is 1.87. The van der Waals surface area contributed by atoms with E-state index >= 15 is 0 Å². The molecule has 1 aromatic carbocycles. The monoisotopic (exact) mass is 306 g/mol. The van der Waals surface area contributed by atoms with E-state index in [-0.39, 0.29) is 18.8 Å². The molecule has 0 amide bonds. The lowest BCUT2D eigenvalue weighted by molar-refractivity contribution is -0.137. The summed E-state index contributed by atoms with van der Waals surface area (Å²) in [4.78, 5) is 1.38. The van der Waals surface area contributed by atoms with Crippen LogP contribution in [0.4, 0.5) is 18.9 Å². The Labute approximate surface area is 122 Å². The topological polar surface area (TPSA) is 44.7 Å². The van der Waals surface area contributed by atoms with E-state index in [0.717, 1.165) is 6.07 Å². The summed E-state index contributed by atoms with van der Waals surface area (Å²) in [5.41, 5.74) is -0.112. The number of aliphatic hydroxyl groups is 1. The van der Waals surface area contributed by atoms with E-state index in [2.05, 4.69) is 5.32 Å². The van der Waals surface area contributed by atoms with Crippen molar-refractivity contribution in [1.29, 1.82) is 0 Å². The molecule has 0 heterocycles. The first-order valence-corrected chi connectivity index (χ1v) is 6.52. The minimum Gasteiger partial charge on any atom is -0.389 e. The van der Waals surface area contributed by atoms with Crippen molar-refractivity contribution < 1.29 is 23.0 Å². The first-order chi connectivity index (χ1) is 9.79. The number of methoxy groups -OCH3 is 1. The average molecular weight is 306 g/mol. The zero-order valence-corrected chi connectivity index (χ0v) is 12.4. The Morgan fingerprint density at radius 1 is 1.38 bits per heavy atom. The van der Waals surface area contributed by atoms with Crippen molar-refractivity contribution >= 4 is 5.69 Å². The van der Waals surface area contributed by atoms with Gasteiger partial charge in [0.25, 0.3) is 0 Å². The molecule has 0 saturated heterocycles. The van der Waals surface area contributed by atoms with Crippen molar-refractivity contribution in [3.63, 3.8) is 0 Å². The van der Waals surface area contributed by atoms with Gasteiger partial charge in [0.05, 0.1) is 18.3 Å². The van der Waals surface area contributed by atoms with E-state index in [4.69, 9.17) is 4.74 Å². The minimum atomic E-state index is -4.44. The Hall–Kier alpha value is -1.31. The van der Waals surface area contributed by atoms with E-state index in [1.807, 2.05) is 0 Å². The van der Waals surface area contributed by atoms with Crippen molar-refractivity contribution in [2.75, 3.05) is 39.3 Å². The maximum atomic E-state index is 13.2. The molecule has 120 valence electrons. The Morgan fingerprint density at radius 3 is 2.57 bits per heavy atom. The van der Waals surface area contributed by atoms with Crippen LogP contribution in [0.5, 0.6) is 0 Å². The van der Waals surface area contributed by atoms with Crippen LogP contribution in [-0.2, 0) is 17.5 Å². The van der Waals surface area contributed by atoms with Crippen LogP contribution in [0.15, 0.2) is 18.2 Å². The minimum absolute atomic E-state index is 0.0394. The van der Waals surface area contributed by atoms with Crippen LogP contribution >= 0.6 is 0 Å². The molecule has 0 fully saturated rings. The zero-order valence-electron chi connectivity index (χ0n) is 12.4. The molecule has 0 spiro atoms. The molecular formula is C14H21F3N2O2. The number of hydrogen-bond acceptors (Lipinski definition) is 4. The number of likely N-dealkylation sites (N-methyl/N-ethyl adjacent to an activating group) is 1. The SMILES string of the molecule is CNCc1ccc(N(C)CC(O)COC)c(C(F)(F)F)c1. The molecule has 0 radical (unpaired) electrons. The molecule has 0 aromatic heterocycles. The van der Waals surface area contributed by atoms with Gasteiger partial charge in [0.15, 0.2) is 0 Å². The third kappa shape index (κ3) is 5.18. The van der Waals surface area contributed by atoms with E-state index < -0.39 is 17.8 Å². The van der Waals surface area contributed by atoms with E-state index in [1.165, 1.54) is 25.1 Å². The number of rotatable bonds is 7. The fourth-order valence-corrected chi connectivity index (χ4v) is 2.12. The highest BCUT2D eigenvalue weighted by Crippen LogP contribution is 2.37. The summed E-state index contributed by atoms with van der Waals surface area (Å²) in [6.45, 7) is 0.491. The molecule has 0 aliphatic rings. The van der Waals surface area contributed by atoms with Crippen LogP contribution in [0.1, 0.15) is 11.1 Å². The summed E-state index contributed by atoms with van der Waals surface area (Å²) in [6, 6.07) is 4.19. The highest BCUT2D eigenvalue weighted by Gasteiger charge is 2.34. The lowest BCUT2D eigenvalue weighted by Gasteiger charge is -2.26. The van der Waals surface area contributed by atoms with Gasteiger partial charge in [0, 0.05) is 32.9 Å². The van der Waals surface area contributed by atoms with Crippen LogP contribution in [0.25, 0.3) is 0 Å². The third-order valence-electron chi connectivity index (χ3n) is 3.00. The number of nitrogens with one attached hydrogen (secondary N) is 1. The second-order valence-electron chi connectivity index (χ2n) is 4.87. The number of hydrogen-bond donors (Lipinski definition) is 2. The highest BCUT2D eigenvalue weighted by atomic mass is 19.4. The molecule has 4 nitrogen and oxygen atoms in total. The van der Waals surface area contributed by atoms with Gasteiger partial charge in [-0.05, 0) is 24.7 Å². The van der Waals surface area contributed by atoms with Crippen molar-refractivity contribution in [3.8, 4) is 0 Å². The normalized spacial score (nSPS) is 13.3. The van der Waals surface area contributed by atoms with Crippen LogP contribution in [0.3, 0.4) is 0 Å². The third-order valence-corrected chi connectivity index (χ3v) is 3.00. The highest BCUT2D eigenvalue weighted by molar-refractivity contribution is 5.56. The molecule has 1 unspecified atom stereocenters. The maximum Gasteiger partial charge on any atom is 0.418 e. The van der Waals surface area contributed by atoms with Crippen LogP contribution in [0, 0.1) is 0 Å². The Bertz CT molecular complexity index is 452. The molecule has 1 atom stereocenters. The standard InChI is InChI=1S/C14H21F3N2O2/c1-18-7-10-4-5-13(12(6-10)14(15,16)17)19(2)8-11(20)9-21-3/h4-6,11,18,20H,7-9H2,1-3H3. The van der Waals surface area contributed by atoms with Crippen LogP contribution < -0.4 is 10.2 Å². The molecule has 21 heavy (non-hydrogen) atoms. The summed E-state index contributed by atoms with van der Waals surface area (Å²) >= 11 is 0. The summed E-state index contributed by atoms with van der Waals surface area (Å²) in [5, 5.41) is 12.5. The number of ether oxygens (including phenoxy) is 1. The Kier molecular flexibility index (Phi) is 6.44. The van der Waals surface area contributed by atoms with E-state index in [0.29, 0.717) is 12.1 Å².